The molecule has 0 atom stereocenters. The van der Waals surface area contributed by atoms with E-state index in [4.69, 9.17) is 11.6 Å². The van der Waals surface area contributed by atoms with Crippen molar-refractivity contribution in [1.29, 1.82) is 0 Å². The van der Waals surface area contributed by atoms with E-state index < -0.39 is 0 Å². The first-order chi connectivity index (χ1) is 8.56. The Balaban J connectivity index is 2.24. The number of hydrogen-bond donors (Lipinski definition) is 0. The molecule has 1 aromatic heterocycles. The molecule has 3 nitrogen and oxygen atoms in total. The van der Waals surface area contributed by atoms with E-state index in [1.165, 1.54) is 10.6 Å². The van der Waals surface area contributed by atoms with Crippen molar-refractivity contribution < 1.29 is 4.79 Å². The second-order valence-electron chi connectivity index (χ2n) is 3.74. The third-order valence-electron chi connectivity index (χ3n) is 2.43. The van der Waals surface area contributed by atoms with Gasteiger partial charge in [-0.25, -0.2) is 0 Å². The summed E-state index contributed by atoms with van der Waals surface area (Å²) in [6.07, 6.45) is 1.59. The summed E-state index contributed by atoms with van der Waals surface area (Å²) in [5.74, 6) is -0.133. The summed E-state index contributed by atoms with van der Waals surface area (Å²) in [6, 6.07) is 9.66. The average Bonchev–Trinajstić information content (AvgIpc) is 2.34. The average molecular weight is 327 g/mol. The molecule has 0 spiro atoms. The molecule has 18 heavy (non-hydrogen) atoms. The minimum absolute atomic E-state index is 0.0138. The number of rotatable bonds is 3. The lowest BCUT2D eigenvalue weighted by Gasteiger charge is -2.05. The van der Waals surface area contributed by atoms with Gasteiger partial charge in [0.1, 0.15) is 0 Å². The number of carbonyl (C=O) groups is 1. The van der Waals surface area contributed by atoms with Crippen molar-refractivity contribution in [2.75, 3.05) is 0 Å². The zero-order valence-electron chi connectivity index (χ0n) is 9.27. The summed E-state index contributed by atoms with van der Waals surface area (Å²) in [5, 5.41) is 0.575. The summed E-state index contributed by atoms with van der Waals surface area (Å²) in [7, 11) is 0. The van der Waals surface area contributed by atoms with Crippen LogP contribution in [0.1, 0.15) is 10.4 Å². The molecule has 92 valence electrons. The fraction of sp³-hybridized carbons (Fsp3) is 0.0769. The molecule has 0 aliphatic heterocycles. The van der Waals surface area contributed by atoms with E-state index in [0.29, 0.717) is 10.6 Å². The predicted molar refractivity (Wildman–Crippen MR) is 74.2 cm³/mol. The highest BCUT2D eigenvalue weighted by molar-refractivity contribution is 9.10. The van der Waals surface area contributed by atoms with Gasteiger partial charge >= 0.3 is 0 Å². The van der Waals surface area contributed by atoms with Crippen molar-refractivity contribution in [2.24, 2.45) is 0 Å². The Labute approximate surface area is 117 Å². The highest BCUT2D eigenvalue weighted by atomic mass is 79.9. The Bertz CT molecular complexity index is 634. The fourth-order valence-electron chi connectivity index (χ4n) is 1.51. The Kier molecular flexibility index (Phi) is 3.99. The van der Waals surface area contributed by atoms with Crippen LogP contribution in [-0.4, -0.2) is 10.4 Å². The number of nitrogens with zero attached hydrogens (tertiary/aromatic N) is 1. The molecular formula is C13H9BrClNO2. The molecule has 0 aliphatic carbocycles. The third-order valence-corrected chi connectivity index (χ3v) is 3.15. The zero-order valence-corrected chi connectivity index (χ0v) is 11.6. The van der Waals surface area contributed by atoms with Gasteiger partial charge in [-0.1, -0.05) is 11.6 Å². The molecule has 0 saturated carbocycles. The van der Waals surface area contributed by atoms with E-state index in [-0.39, 0.29) is 17.9 Å². The van der Waals surface area contributed by atoms with Gasteiger partial charge in [0, 0.05) is 27.3 Å². The van der Waals surface area contributed by atoms with Crippen molar-refractivity contribution in [2.45, 2.75) is 6.54 Å². The van der Waals surface area contributed by atoms with E-state index >= 15 is 0 Å². The normalized spacial score (nSPS) is 10.3. The first-order valence-corrected chi connectivity index (χ1v) is 6.38. The topological polar surface area (TPSA) is 39.1 Å². The maximum Gasteiger partial charge on any atom is 0.251 e. The molecule has 0 fully saturated rings. The maximum absolute atomic E-state index is 12.0. The minimum Gasteiger partial charge on any atom is -0.307 e. The zero-order chi connectivity index (χ0) is 13.1. The Hall–Kier alpha value is -1.39. The van der Waals surface area contributed by atoms with Crippen molar-refractivity contribution in [3.8, 4) is 0 Å². The van der Waals surface area contributed by atoms with Gasteiger partial charge in [0.15, 0.2) is 5.78 Å². The molecule has 1 heterocycles. The molecule has 0 amide bonds. The molecule has 0 radical (unpaired) electrons. The standard InChI is InChI=1S/C13H9BrClNO2/c14-10-3-6-13(18)16(7-10)8-12(17)9-1-4-11(15)5-2-9/h1-7H,8H2. The molecule has 0 aliphatic rings. The number of pyridine rings is 1. The summed E-state index contributed by atoms with van der Waals surface area (Å²) in [4.78, 5) is 23.5. The van der Waals surface area contributed by atoms with Gasteiger partial charge in [0.05, 0.1) is 6.54 Å². The Morgan fingerprint density at radius 1 is 1.17 bits per heavy atom. The lowest BCUT2D eigenvalue weighted by Crippen LogP contribution is -2.22. The van der Waals surface area contributed by atoms with Crippen LogP contribution >= 0.6 is 27.5 Å². The van der Waals surface area contributed by atoms with Gasteiger partial charge in [-0.15, -0.1) is 0 Å². The fourth-order valence-corrected chi connectivity index (χ4v) is 2.01. The SMILES string of the molecule is O=C(Cn1cc(Br)ccc1=O)c1ccc(Cl)cc1. The summed E-state index contributed by atoms with van der Waals surface area (Å²) in [5.41, 5.74) is 0.326. The molecule has 0 unspecified atom stereocenters. The quantitative estimate of drug-likeness (QED) is 0.813. The smallest absolute Gasteiger partial charge is 0.251 e. The van der Waals surface area contributed by atoms with E-state index in [0.717, 1.165) is 4.47 Å². The Morgan fingerprint density at radius 2 is 1.83 bits per heavy atom. The van der Waals surface area contributed by atoms with Gasteiger partial charge in [-0.2, -0.15) is 0 Å². The first kappa shape index (κ1) is 13.1. The van der Waals surface area contributed by atoms with Gasteiger partial charge in [0.2, 0.25) is 0 Å². The second kappa shape index (κ2) is 5.50. The molecule has 2 aromatic rings. The van der Waals surface area contributed by atoms with Gasteiger partial charge < -0.3 is 4.57 Å². The third kappa shape index (κ3) is 3.09. The van der Waals surface area contributed by atoms with Crippen molar-refractivity contribution in [3.05, 3.63) is 68.0 Å². The molecule has 2 rings (SSSR count). The summed E-state index contributed by atoms with van der Waals surface area (Å²) in [6.45, 7) is 0.0138. The summed E-state index contributed by atoms with van der Waals surface area (Å²) >= 11 is 9.01. The second-order valence-corrected chi connectivity index (χ2v) is 5.10. The monoisotopic (exact) mass is 325 g/mol. The van der Waals surface area contributed by atoms with Gasteiger partial charge in [-0.3, -0.25) is 9.59 Å². The lowest BCUT2D eigenvalue weighted by atomic mass is 10.1. The maximum atomic E-state index is 12.0. The minimum atomic E-state index is -0.208. The van der Waals surface area contributed by atoms with Crippen LogP contribution in [0.3, 0.4) is 0 Å². The molecule has 0 saturated heterocycles. The van der Waals surface area contributed by atoms with Crippen LogP contribution in [0.4, 0.5) is 0 Å². The first-order valence-electron chi connectivity index (χ1n) is 5.21. The van der Waals surface area contributed by atoms with Crippen LogP contribution in [-0.2, 0) is 6.54 Å². The highest BCUT2D eigenvalue weighted by Gasteiger charge is 2.07. The molecule has 1 aromatic carbocycles. The van der Waals surface area contributed by atoms with Crippen LogP contribution in [0, 0.1) is 0 Å². The Morgan fingerprint density at radius 3 is 2.50 bits per heavy atom. The molecule has 5 heteroatoms. The highest BCUT2D eigenvalue weighted by Crippen LogP contribution is 2.11. The predicted octanol–water partition coefficient (Wildman–Crippen LogP) is 3.15. The number of halogens is 2. The van der Waals surface area contributed by atoms with Gasteiger partial charge in [0.25, 0.3) is 5.56 Å². The lowest BCUT2D eigenvalue weighted by molar-refractivity contribution is 0.0971. The number of Topliss-reactive ketones (excluding diaryl/α,β-unsaturated/α-hetero) is 1. The van der Waals surface area contributed by atoms with E-state index in [1.807, 2.05) is 0 Å². The van der Waals surface area contributed by atoms with E-state index in [1.54, 1.807) is 36.5 Å². The molecule has 0 bridgehead atoms. The van der Waals surface area contributed by atoms with Crippen LogP contribution in [0.5, 0.6) is 0 Å². The largest absolute Gasteiger partial charge is 0.307 e. The number of benzene rings is 1. The summed E-state index contributed by atoms with van der Waals surface area (Å²) < 4.78 is 2.12. The van der Waals surface area contributed by atoms with Crippen LogP contribution in [0.2, 0.25) is 5.02 Å². The molecule has 0 N–H and O–H groups in total. The van der Waals surface area contributed by atoms with Crippen molar-refractivity contribution in [1.82, 2.24) is 4.57 Å². The number of hydrogen-bond acceptors (Lipinski definition) is 2. The van der Waals surface area contributed by atoms with Crippen LogP contribution < -0.4 is 5.56 Å². The number of ketones is 1. The van der Waals surface area contributed by atoms with Crippen LogP contribution in [0.25, 0.3) is 0 Å². The molecular weight excluding hydrogens is 318 g/mol. The van der Waals surface area contributed by atoms with E-state index in [9.17, 15) is 9.59 Å². The van der Waals surface area contributed by atoms with Crippen molar-refractivity contribution >= 4 is 33.3 Å². The van der Waals surface area contributed by atoms with Gasteiger partial charge in [-0.05, 0) is 46.3 Å². The van der Waals surface area contributed by atoms with Crippen molar-refractivity contribution in [3.63, 3.8) is 0 Å². The van der Waals surface area contributed by atoms with Crippen LogP contribution in [0.15, 0.2) is 51.9 Å². The van der Waals surface area contributed by atoms with E-state index in [2.05, 4.69) is 15.9 Å². The number of carbonyl (C=O) groups excluding carboxylic acids is 1. The number of aromatic nitrogens is 1.